The van der Waals surface area contributed by atoms with Crippen molar-refractivity contribution >= 4 is 19.8 Å². The normalized spacial score (nSPS) is 13.9. The first-order valence-electron chi connectivity index (χ1n) is 20.5. The van der Waals surface area contributed by atoms with Crippen LogP contribution in [0.4, 0.5) is 0 Å². The first-order chi connectivity index (χ1) is 24.2. The Labute approximate surface area is 305 Å². The molecule has 0 aliphatic rings. The number of hydrogen-bond acceptors (Lipinski definition) is 9. The number of aliphatic hydroxyl groups is 2. The minimum atomic E-state index is -4.60. The monoisotopic (exact) mass is 737 g/mol. The predicted octanol–water partition coefficient (Wildman–Crippen LogP) is 10.3. The maximum atomic E-state index is 12.5. The van der Waals surface area contributed by atoms with E-state index in [4.69, 9.17) is 19.1 Å². The lowest BCUT2D eigenvalue weighted by atomic mass is 10.0. The second kappa shape index (κ2) is 36.3. The summed E-state index contributed by atoms with van der Waals surface area (Å²) in [5.74, 6) is -0.927. The van der Waals surface area contributed by atoms with Crippen LogP contribution in [0.2, 0.25) is 0 Å². The zero-order valence-electron chi connectivity index (χ0n) is 32.1. The smallest absolute Gasteiger partial charge is 0.462 e. The van der Waals surface area contributed by atoms with Crippen molar-refractivity contribution in [1.29, 1.82) is 0 Å². The largest absolute Gasteiger partial charge is 0.472 e. The van der Waals surface area contributed by atoms with Crippen molar-refractivity contribution in [2.75, 3.05) is 26.4 Å². The number of phosphoric acid groups is 1. The molecule has 3 atom stereocenters. The lowest BCUT2D eigenvalue weighted by Gasteiger charge is -2.20. The molecule has 10 nitrogen and oxygen atoms in total. The highest BCUT2D eigenvalue weighted by Gasteiger charge is 2.27. The number of unbranched alkanes of at least 4 members (excludes halogenated alkanes) is 25. The molecule has 0 spiro atoms. The van der Waals surface area contributed by atoms with E-state index in [-0.39, 0.29) is 19.4 Å². The molecule has 0 aromatic carbocycles. The number of ether oxygens (including phenoxy) is 2. The molecule has 0 radical (unpaired) electrons. The van der Waals surface area contributed by atoms with Crippen LogP contribution < -0.4 is 0 Å². The lowest BCUT2D eigenvalue weighted by molar-refractivity contribution is -0.161. The third kappa shape index (κ3) is 35.4. The Bertz CT molecular complexity index is 812. The summed E-state index contributed by atoms with van der Waals surface area (Å²) in [6.07, 6.45) is 31.3. The summed E-state index contributed by atoms with van der Waals surface area (Å²) in [5, 5.41) is 18.2. The number of hydrogen-bond donors (Lipinski definition) is 3. The van der Waals surface area contributed by atoms with Crippen molar-refractivity contribution in [2.45, 2.75) is 212 Å². The van der Waals surface area contributed by atoms with E-state index in [2.05, 4.69) is 18.4 Å². The molecule has 298 valence electrons. The van der Waals surface area contributed by atoms with E-state index < -0.39 is 51.8 Å². The molecule has 0 heterocycles. The van der Waals surface area contributed by atoms with Crippen molar-refractivity contribution in [3.63, 3.8) is 0 Å². The molecule has 3 N–H and O–H groups in total. The fourth-order valence-electron chi connectivity index (χ4n) is 5.82. The summed E-state index contributed by atoms with van der Waals surface area (Å²) in [5.41, 5.74) is 0. The van der Waals surface area contributed by atoms with Crippen molar-refractivity contribution in [1.82, 2.24) is 0 Å². The molecule has 0 saturated carbocycles. The van der Waals surface area contributed by atoms with Gasteiger partial charge in [0, 0.05) is 12.8 Å². The number of phosphoric ester groups is 1. The topological polar surface area (TPSA) is 149 Å². The van der Waals surface area contributed by atoms with Gasteiger partial charge in [0.05, 0.1) is 19.8 Å². The number of rotatable bonds is 39. The summed E-state index contributed by atoms with van der Waals surface area (Å²) in [7, 11) is -4.60. The van der Waals surface area contributed by atoms with E-state index in [1.54, 1.807) is 0 Å². The summed E-state index contributed by atoms with van der Waals surface area (Å²) in [4.78, 5) is 34.6. The van der Waals surface area contributed by atoms with Gasteiger partial charge in [0.1, 0.15) is 12.7 Å². The average molecular weight is 737 g/mol. The molecule has 50 heavy (non-hydrogen) atoms. The van der Waals surface area contributed by atoms with E-state index in [0.717, 1.165) is 44.9 Å². The van der Waals surface area contributed by atoms with Gasteiger partial charge in [0.2, 0.25) is 0 Å². The Morgan fingerprint density at radius 2 is 0.860 bits per heavy atom. The first-order valence-corrected chi connectivity index (χ1v) is 22.0. The molecular formula is C39H77O10P. The Balaban J connectivity index is 4.02. The summed E-state index contributed by atoms with van der Waals surface area (Å²) in [6.45, 7) is 2.30. The van der Waals surface area contributed by atoms with Crippen LogP contribution in [-0.2, 0) is 32.7 Å². The number of carbonyl (C=O) groups excluding carboxylic acids is 2. The first kappa shape index (κ1) is 49.0. The van der Waals surface area contributed by atoms with Crippen LogP contribution in [-0.4, -0.2) is 65.7 Å². The molecule has 0 aliphatic carbocycles. The van der Waals surface area contributed by atoms with E-state index in [0.29, 0.717) is 12.8 Å². The second-order valence-electron chi connectivity index (χ2n) is 14.0. The van der Waals surface area contributed by atoms with Gasteiger partial charge in [-0.05, 0) is 12.8 Å². The van der Waals surface area contributed by atoms with Gasteiger partial charge in [-0.25, -0.2) is 4.57 Å². The fourth-order valence-corrected chi connectivity index (χ4v) is 6.61. The fraction of sp³-hybridized carbons (Fsp3) is 0.949. The van der Waals surface area contributed by atoms with Crippen LogP contribution in [0.1, 0.15) is 200 Å². The molecule has 11 heteroatoms. The summed E-state index contributed by atoms with van der Waals surface area (Å²) < 4.78 is 32.4. The van der Waals surface area contributed by atoms with Crippen LogP contribution in [0, 0.1) is 0 Å². The Morgan fingerprint density at radius 1 is 0.520 bits per heavy atom. The maximum Gasteiger partial charge on any atom is 0.472 e. The molecule has 0 saturated heterocycles. The Hall–Kier alpha value is -1.03. The molecule has 0 aromatic heterocycles. The number of carbonyl (C=O) groups is 2. The predicted molar refractivity (Wildman–Crippen MR) is 201 cm³/mol. The van der Waals surface area contributed by atoms with Crippen LogP contribution in [0.3, 0.4) is 0 Å². The third-order valence-electron chi connectivity index (χ3n) is 9.01. The molecule has 0 bridgehead atoms. The molecule has 0 rings (SSSR count). The minimum Gasteiger partial charge on any atom is -0.462 e. The maximum absolute atomic E-state index is 12.5. The Kier molecular flexibility index (Phi) is 35.6. The molecular weight excluding hydrogens is 659 g/mol. The quantitative estimate of drug-likeness (QED) is 0.0316. The van der Waals surface area contributed by atoms with Crippen molar-refractivity contribution in [3.05, 3.63) is 0 Å². The molecule has 3 unspecified atom stereocenters. The SMILES string of the molecule is CCCCCCCCCCCCCCCCCCCCCCCCC(=O)OC(COC(=O)CCCCCCC)COP(=O)(O)OCC(O)CO. The van der Waals surface area contributed by atoms with Gasteiger partial charge >= 0.3 is 19.8 Å². The standard InChI is InChI=1S/C39H77O10P/c1-3-5-7-9-10-11-12-13-14-15-16-17-18-19-20-21-22-23-24-25-27-29-31-39(43)49-37(34-46-38(42)30-28-26-8-6-4-2)35-48-50(44,45)47-33-36(41)32-40/h36-37,40-41H,3-35H2,1-2H3,(H,44,45). The molecule has 0 fully saturated rings. The van der Waals surface area contributed by atoms with E-state index in [9.17, 15) is 24.2 Å². The van der Waals surface area contributed by atoms with Crippen molar-refractivity contribution in [2.24, 2.45) is 0 Å². The molecule has 0 aromatic rings. The van der Waals surface area contributed by atoms with Gasteiger partial charge in [0.25, 0.3) is 0 Å². The van der Waals surface area contributed by atoms with E-state index in [1.165, 1.54) is 116 Å². The van der Waals surface area contributed by atoms with Gasteiger partial charge < -0.3 is 24.6 Å². The zero-order valence-corrected chi connectivity index (χ0v) is 33.0. The average Bonchev–Trinajstić information content (AvgIpc) is 3.10. The minimum absolute atomic E-state index is 0.191. The number of aliphatic hydroxyl groups excluding tert-OH is 2. The summed E-state index contributed by atoms with van der Waals surface area (Å²) in [6, 6.07) is 0. The zero-order chi connectivity index (χ0) is 37.0. The van der Waals surface area contributed by atoms with E-state index >= 15 is 0 Å². The van der Waals surface area contributed by atoms with Gasteiger partial charge in [-0.3, -0.25) is 18.6 Å². The lowest BCUT2D eigenvalue weighted by Crippen LogP contribution is -2.29. The molecule has 0 aliphatic heterocycles. The van der Waals surface area contributed by atoms with Gasteiger partial charge in [-0.2, -0.15) is 0 Å². The third-order valence-corrected chi connectivity index (χ3v) is 9.96. The van der Waals surface area contributed by atoms with Crippen LogP contribution in [0.15, 0.2) is 0 Å². The highest BCUT2D eigenvalue weighted by atomic mass is 31.2. The van der Waals surface area contributed by atoms with Crippen molar-refractivity contribution in [3.8, 4) is 0 Å². The van der Waals surface area contributed by atoms with Crippen LogP contribution >= 0.6 is 7.82 Å². The van der Waals surface area contributed by atoms with Crippen LogP contribution in [0.25, 0.3) is 0 Å². The number of esters is 2. The highest BCUT2D eigenvalue weighted by Crippen LogP contribution is 2.43. The van der Waals surface area contributed by atoms with Gasteiger partial charge in [0.15, 0.2) is 6.10 Å². The van der Waals surface area contributed by atoms with Crippen LogP contribution in [0.5, 0.6) is 0 Å². The van der Waals surface area contributed by atoms with Gasteiger partial charge in [-0.15, -0.1) is 0 Å². The summed E-state index contributed by atoms with van der Waals surface area (Å²) >= 11 is 0. The molecule has 0 amide bonds. The highest BCUT2D eigenvalue weighted by molar-refractivity contribution is 7.47. The van der Waals surface area contributed by atoms with E-state index in [1.807, 2.05) is 0 Å². The van der Waals surface area contributed by atoms with Crippen molar-refractivity contribution < 1.29 is 47.8 Å². The van der Waals surface area contributed by atoms with Gasteiger partial charge in [-0.1, -0.05) is 174 Å². The second-order valence-corrected chi connectivity index (χ2v) is 15.5. The Morgan fingerprint density at radius 3 is 1.24 bits per heavy atom.